The maximum Gasteiger partial charge on any atom is 0.328 e. The number of anilines is 2. The Labute approximate surface area is 290 Å². The van der Waals surface area contributed by atoms with Crippen LogP contribution in [0.3, 0.4) is 0 Å². The van der Waals surface area contributed by atoms with E-state index in [1.54, 1.807) is 24.3 Å². The average Bonchev–Trinajstić information content (AvgIpc) is 3.15. The highest BCUT2D eigenvalue weighted by Crippen LogP contribution is 2.23. The molecule has 0 saturated carbocycles. The van der Waals surface area contributed by atoms with Crippen molar-refractivity contribution < 1.29 is 28.7 Å². The van der Waals surface area contributed by atoms with Gasteiger partial charge in [-0.2, -0.15) is 20.5 Å². The van der Waals surface area contributed by atoms with Gasteiger partial charge in [-0.1, -0.05) is 48.6 Å². The molecule has 0 aliphatic carbocycles. The van der Waals surface area contributed by atoms with Crippen molar-refractivity contribution in [3.05, 3.63) is 94.0 Å². The lowest BCUT2D eigenvalue weighted by atomic mass is 9.97. The highest BCUT2D eigenvalue weighted by atomic mass is 16.5. The third-order valence-electron chi connectivity index (χ3n) is 7.45. The summed E-state index contributed by atoms with van der Waals surface area (Å²) in [5.41, 5.74) is 5.75. The van der Waals surface area contributed by atoms with Crippen LogP contribution in [-0.2, 0) is 28.7 Å². The summed E-state index contributed by atoms with van der Waals surface area (Å²) in [6.45, 7) is 5.90. The Bertz CT molecular complexity index is 1720. The molecule has 0 amide bonds. The molecule has 12 nitrogen and oxygen atoms in total. The zero-order valence-electron chi connectivity index (χ0n) is 27.9. The lowest BCUT2D eigenvalue weighted by Crippen LogP contribution is -2.28. The van der Waals surface area contributed by atoms with Gasteiger partial charge in [0.1, 0.15) is 26.3 Å². The number of benzene rings is 3. The van der Waals surface area contributed by atoms with Gasteiger partial charge in [-0.05, 0) is 72.5 Å². The molecule has 0 aromatic heterocycles. The number of nitriles is 2. The highest BCUT2D eigenvalue weighted by Gasteiger charge is 2.10. The van der Waals surface area contributed by atoms with Crippen molar-refractivity contribution in [3.63, 3.8) is 0 Å². The zero-order chi connectivity index (χ0) is 36.1. The van der Waals surface area contributed by atoms with Crippen molar-refractivity contribution in [1.29, 1.82) is 10.5 Å². The minimum absolute atomic E-state index is 0.153. The largest absolute Gasteiger partial charge is 0.462 e. The summed E-state index contributed by atoms with van der Waals surface area (Å²) < 4.78 is 10.2. The molecule has 3 rings (SSSR count). The lowest BCUT2D eigenvalue weighted by Gasteiger charge is -2.23. The topological polar surface area (TPSA) is 166 Å². The van der Waals surface area contributed by atoms with Crippen LogP contribution in [0.4, 0.5) is 11.4 Å². The average molecular weight is 673 g/mol. The standard InChI is InChI=1S/C38H36N6O6/c1-3-43(17-19-49-37(47)25-41-27-45)35-13-7-29(8-14-35)5-11-31-21-34(24-40)32(22-33(31)23-39)12-6-30-9-15-36(16-10-30)44(4-2)18-20-50-38(48)26-42-28-46/h5-16,21-22H,3-4,17-20,25-26H2,1-2H3. The van der Waals surface area contributed by atoms with Gasteiger partial charge >= 0.3 is 11.9 Å². The number of isocyanates is 2. The van der Waals surface area contributed by atoms with Gasteiger partial charge in [0.15, 0.2) is 0 Å². The number of ether oxygens (including phenoxy) is 2. The maximum absolute atomic E-state index is 11.6. The van der Waals surface area contributed by atoms with Crippen molar-refractivity contribution in [1.82, 2.24) is 0 Å². The second-order valence-corrected chi connectivity index (χ2v) is 10.5. The van der Waals surface area contributed by atoms with Crippen LogP contribution >= 0.6 is 0 Å². The number of likely N-dealkylation sites (N-methyl/N-ethyl adjacent to an activating group) is 2. The third-order valence-corrected chi connectivity index (χ3v) is 7.45. The smallest absolute Gasteiger partial charge is 0.328 e. The molecule has 0 saturated heterocycles. The number of carbonyl (C=O) groups excluding carboxylic acids is 4. The van der Waals surface area contributed by atoms with Gasteiger partial charge < -0.3 is 19.3 Å². The molecule has 254 valence electrons. The summed E-state index contributed by atoms with van der Waals surface area (Å²) in [5, 5.41) is 19.8. The number of aliphatic imine (C=N–C) groups is 2. The SMILES string of the molecule is CCN(CCOC(=O)CN=C=O)c1ccc(C=Cc2cc(C#N)c(C=Cc3ccc(N(CC)CCOC(=O)CN=C=O)cc3)cc2C#N)cc1. The molecule has 0 heterocycles. The fourth-order valence-corrected chi connectivity index (χ4v) is 4.83. The summed E-state index contributed by atoms with van der Waals surface area (Å²) in [6.07, 6.45) is 9.97. The quantitative estimate of drug-likeness (QED) is 0.0761. The molecule has 0 radical (unpaired) electrons. The predicted molar refractivity (Wildman–Crippen MR) is 190 cm³/mol. The molecule has 0 fully saturated rings. The van der Waals surface area contributed by atoms with Crippen molar-refractivity contribution >= 4 is 59.8 Å². The maximum atomic E-state index is 11.6. The lowest BCUT2D eigenvalue weighted by molar-refractivity contribution is -0.142. The second kappa shape index (κ2) is 20.6. The zero-order valence-corrected chi connectivity index (χ0v) is 27.9. The summed E-state index contributed by atoms with van der Waals surface area (Å²) in [7, 11) is 0. The summed E-state index contributed by atoms with van der Waals surface area (Å²) in [6, 6.07) is 23.4. The minimum Gasteiger partial charge on any atom is -0.462 e. The van der Waals surface area contributed by atoms with Gasteiger partial charge in [0.2, 0.25) is 12.2 Å². The Kier molecular flexibility index (Phi) is 15.6. The first-order valence-electron chi connectivity index (χ1n) is 15.8. The van der Waals surface area contributed by atoms with Gasteiger partial charge in [-0.25, -0.2) is 9.59 Å². The van der Waals surface area contributed by atoms with E-state index in [1.807, 2.05) is 84.3 Å². The molecule has 0 aliphatic heterocycles. The number of hydrogen-bond acceptors (Lipinski definition) is 12. The monoisotopic (exact) mass is 672 g/mol. The van der Waals surface area contributed by atoms with E-state index < -0.39 is 11.9 Å². The molecular weight excluding hydrogens is 636 g/mol. The van der Waals surface area contributed by atoms with E-state index >= 15 is 0 Å². The molecule has 0 bridgehead atoms. The Hall–Kier alpha value is -6.58. The Balaban J connectivity index is 1.66. The Morgan fingerprint density at radius 1 is 0.660 bits per heavy atom. The van der Waals surface area contributed by atoms with Crippen LogP contribution in [0.5, 0.6) is 0 Å². The number of nitrogens with zero attached hydrogens (tertiary/aromatic N) is 6. The first kappa shape index (κ1) is 37.9. The first-order chi connectivity index (χ1) is 24.3. The molecule has 0 aliphatic rings. The van der Waals surface area contributed by atoms with E-state index in [4.69, 9.17) is 9.47 Å². The van der Waals surface area contributed by atoms with Gasteiger partial charge in [-0.15, -0.1) is 0 Å². The van der Waals surface area contributed by atoms with E-state index in [2.05, 4.69) is 22.1 Å². The Morgan fingerprint density at radius 3 is 1.36 bits per heavy atom. The molecule has 0 N–H and O–H groups in total. The van der Waals surface area contributed by atoms with E-state index in [0.29, 0.717) is 48.4 Å². The van der Waals surface area contributed by atoms with Crippen LogP contribution < -0.4 is 9.80 Å². The predicted octanol–water partition coefficient (Wildman–Crippen LogP) is 5.18. The molecule has 0 unspecified atom stereocenters. The van der Waals surface area contributed by atoms with Gasteiger partial charge in [0.25, 0.3) is 0 Å². The molecule has 3 aromatic carbocycles. The van der Waals surface area contributed by atoms with Crippen LogP contribution in [0, 0.1) is 22.7 Å². The van der Waals surface area contributed by atoms with Crippen molar-refractivity contribution in [2.24, 2.45) is 9.98 Å². The molecular formula is C38H36N6O6. The number of carbonyl (C=O) groups is 2. The van der Waals surface area contributed by atoms with E-state index in [0.717, 1.165) is 22.5 Å². The highest BCUT2D eigenvalue weighted by molar-refractivity contribution is 5.79. The van der Waals surface area contributed by atoms with Crippen LogP contribution in [0.1, 0.15) is 47.2 Å². The molecule has 0 spiro atoms. The van der Waals surface area contributed by atoms with E-state index in [-0.39, 0.29) is 26.3 Å². The number of esters is 2. The molecule has 50 heavy (non-hydrogen) atoms. The van der Waals surface area contributed by atoms with Crippen molar-refractivity contribution in [2.45, 2.75) is 13.8 Å². The summed E-state index contributed by atoms with van der Waals surface area (Å²) in [4.78, 5) is 53.9. The third kappa shape index (κ3) is 11.9. The van der Waals surface area contributed by atoms with Gasteiger partial charge in [0, 0.05) is 24.5 Å². The summed E-state index contributed by atoms with van der Waals surface area (Å²) in [5.74, 6) is -1.17. The number of hydrogen-bond donors (Lipinski definition) is 0. The minimum atomic E-state index is -0.586. The van der Waals surface area contributed by atoms with Crippen molar-refractivity contribution in [2.75, 3.05) is 62.3 Å². The van der Waals surface area contributed by atoms with Gasteiger partial charge in [0.05, 0.1) is 36.4 Å². The fraction of sp³-hybridized carbons (Fsp3) is 0.263. The van der Waals surface area contributed by atoms with E-state index in [9.17, 15) is 29.7 Å². The second-order valence-electron chi connectivity index (χ2n) is 10.5. The van der Waals surface area contributed by atoms with Crippen LogP contribution in [0.25, 0.3) is 24.3 Å². The molecule has 3 aromatic rings. The van der Waals surface area contributed by atoms with Crippen LogP contribution in [0.2, 0.25) is 0 Å². The first-order valence-corrected chi connectivity index (χ1v) is 15.8. The van der Waals surface area contributed by atoms with Crippen molar-refractivity contribution in [3.8, 4) is 12.1 Å². The van der Waals surface area contributed by atoms with Crippen LogP contribution in [0.15, 0.2) is 70.6 Å². The number of rotatable bonds is 18. The van der Waals surface area contributed by atoms with Gasteiger partial charge in [-0.3, -0.25) is 9.59 Å². The molecule has 0 atom stereocenters. The molecule has 12 heteroatoms. The fourth-order valence-electron chi connectivity index (χ4n) is 4.83. The summed E-state index contributed by atoms with van der Waals surface area (Å²) >= 11 is 0. The van der Waals surface area contributed by atoms with E-state index in [1.165, 1.54) is 12.2 Å². The van der Waals surface area contributed by atoms with Crippen LogP contribution in [-0.4, -0.2) is 76.6 Å². The Morgan fingerprint density at radius 2 is 1.04 bits per heavy atom. The normalized spacial score (nSPS) is 10.4.